The van der Waals surface area contributed by atoms with Gasteiger partial charge in [0, 0.05) is 12.4 Å². The number of methoxy groups -OCH3 is 1. The summed E-state index contributed by atoms with van der Waals surface area (Å²) in [6.07, 6.45) is 6.16. The lowest BCUT2D eigenvalue weighted by atomic mass is 9.94. The number of hydrogen-bond acceptors (Lipinski definition) is 5. The number of fused-ring (bicyclic) bond motifs is 1. The molecule has 0 aliphatic carbocycles. The number of nitrogens with zero attached hydrogens (tertiary/aromatic N) is 4. The first-order valence-electron chi connectivity index (χ1n) is 7.55. The summed E-state index contributed by atoms with van der Waals surface area (Å²) < 4.78 is 7.19. The maximum atomic E-state index is 5.25. The van der Waals surface area contributed by atoms with Gasteiger partial charge in [0.1, 0.15) is 12.1 Å². The number of rotatable bonds is 3. The standard InChI is InChI=1S/C17H17N5O/c1-23-14-6-4-12(5-7-14)16-9-15(13-3-2-8-18-10-13)21-17-19-11-20-22(16)17/h2-8,10-11,15-16H,9H2,1H3,(H,19,20,21). The fourth-order valence-corrected chi connectivity index (χ4v) is 3.02. The van der Waals surface area contributed by atoms with Gasteiger partial charge in [-0.1, -0.05) is 18.2 Å². The van der Waals surface area contributed by atoms with Crippen LogP contribution in [-0.2, 0) is 0 Å². The Labute approximate surface area is 134 Å². The van der Waals surface area contributed by atoms with Gasteiger partial charge in [-0.15, -0.1) is 0 Å². The Bertz CT molecular complexity index is 784. The van der Waals surface area contributed by atoms with Crippen LogP contribution in [0.4, 0.5) is 5.95 Å². The molecule has 1 N–H and O–H groups in total. The lowest BCUT2D eigenvalue weighted by Crippen LogP contribution is -2.28. The SMILES string of the molecule is COc1ccc(C2CC(c3cccnc3)Nc3ncnn32)cc1. The first kappa shape index (κ1) is 13.8. The van der Waals surface area contributed by atoms with Gasteiger partial charge in [-0.05, 0) is 35.7 Å². The summed E-state index contributed by atoms with van der Waals surface area (Å²) in [5, 5.41) is 7.82. The van der Waals surface area contributed by atoms with Crippen LogP contribution in [0.25, 0.3) is 0 Å². The van der Waals surface area contributed by atoms with Crippen molar-refractivity contribution in [3.05, 3.63) is 66.2 Å². The normalized spacial score (nSPS) is 19.7. The highest BCUT2D eigenvalue weighted by Crippen LogP contribution is 2.37. The maximum absolute atomic E-state index is 5.25. The third kappa shape index (κ3) is 2.52. The molecule has 4 rings (SSSR count). The molecule has 116 valence electrons. The fraction of sp³-hybridized carbons (Fsp3) is 0.235. The molecule has 0 saturated carbocycles. The van der Waals surface area contributed by atoms with E-state index in [0.29, 0.717) is 0 Å². The number of ether oxygens (including phenoxy) is 1. The molecule has 0 spiro atoms. The van der Waals surface area contributed by atoms with Crippen molar-refractivity contribution < 1.29 is 4.74 Å². The molecule has 23 heavy (non-hydrogen) atoms. The third-order valence-corrected chi connectivity index (χ3v) is 4.22. The van der Waals surface area contributed by atoms with Crippen molar-refractivity contribution in [3.8, 4) is 5.75 Å². The topological polar surface area (TPSA) is 64.9 Å². The average Bonchev–Trinajstić information content (AvgIpc) is 3.10. The Morgan fingerprint density at radius 1 is 1.17 bits per heavy atom. The molecule has 2 unspecified atom stereocenters. The molecule has 0 amide bonds. The molecular formula is C17H17N5O. The van der Waals surface area contributed by atoms with E-state index < -0.39 is 0 Å². The minimum atomic E-state index is 0.130. The lowest BCUT2D eigenvalue weighted by molar-refractivity contribution is 0.411. The van der Waals surface area contributed by atoms with E-state index in [-0.39, 0.29) is 12.1 Å². The minimum absolute atomic E-state index is 0.130. The Kier molecular flexibility index (Phi) is 3.42. The van der Waals surface area contributed by atoms with Gasteiger partial charge in [0.2, 0.25) is 5.95 Å². The van der Waals surface area contributed by atoms with Crippen molar-refractivity contribution in [1.29, 1.82) is 0 Å². The van der Waals surface area contributed by atoms with E-state index in [0.717, 1.165) is 23.7 Å². The van der Waals surface area contributed by atoms with Crippen LogP contribution < -0.4 is 10.1 Å². The van der Waals surface area contributed by atoms with Crippen LogP contribution in [0, 0.1) is 0 Å². The monoisotopic (exact) mass is 307 g/mol. The summed E-state index contributed by atoms with van der Waals surface area (Å²) in [6, 6.07) is 12.5. The first-order chi connectivity index (χ1) is 11.3. The van der Waals surface area contributed by atoms with Crippen LogP contribution >= 0.6 is 0 Å². The molecule has 0 bridgehead atoms. The van der Waals surface area contributed by atoms with Crippen molar-refractivity contribution in [2.24, 2.45) is 0 Å². The zero-order valence-corrected chi connectivity index (χ0v) is 12.8. The van der Waals surface area contributed by atoms with Crippen LogP contribution in [-0.4, -0.2) is 26.9 Å². The number of pyridine rings is 1. The molecule has 1 aromatic carbocycles. The van der Waals surface area contributed by atoms with E-state index in [1.54, 1.807) is 19.6 Å². The van der Waals surface area contributed by atoms with Gasteiger partial charge >= 0.3 is 0 Å². The van der Waals surface area contributed by atoms with E-state index in [2.05, 4.69) is 38.6 Å². The second-order valence-corrected chi connectivity index (χ2v) is 5.54. The summed E-state index contributed by atoms with van der Waals surface area (Å²) >= 11 is 0. The van der Waals surface area contributed by atoms with Crippen LogP contribution in [0.5, 0.6) is 5.75 Å². The summed E-state index contributed by atoms with van der Waals surface area (Å²) in [4.78, 5) is 8.56. The van der Waals surface area contributed by atoms with Crippen LogP contribution in [0.1, 0.15) is 29.6 Å². The molecule has 6 nitrogen and oxygen atoms in total. The van der Waals surface area contributed by atoms with Gasteiger partial charge < -0.3 is 10.1 Å². The van der Waals surface area contributed by atoms with Gasteiger partial charge in [-0.25, -0.2) is 4.68 Å². The molecule has 3 aromatic rings. The second kappa shape index (κ2) is 5.72. The molecule has 1 aliphatic heterocycles. The van der Waals surface area contributed by atoms with Gasteiger partial charge in [0.25, 0.3) is 0 Å². The van der Waals surface area contributed by atoms with Gasteiger partial charge in [0.05, 0.1) is 19.2 Å². The predicted octanol–water partition coefficient (Wildman–Crippen LogP) is 2.83. The molecule has 0 saturated heterocycles. The predicted molar refractivity (Wildman–Crippen MR) is 86.4 cm³/mol. The number of anilines is 1. The van der Waals surface area contributed by atoms with Crippen molar-refractivity contribution in [3.63, 3.8) is 0 Å². The summed E-state index contributed by atoms with van der Waals surface area (Å²) in [5.41, 5.74) is 2.34. The molecule has 0 fully saturated rings. The number of hydrogen-bond donors (Lipinski definition) is 1. The molecule has 0 radical (unpaired) electrons. The van der Waals surface area contributed by atoms with E-state index in [9.17, 15) is 0 Å². The van der Waals surface area contributed by atoms with Crippen molar-refractivity contribution >= 4 is 5.95 Å². The smallest absolute Gasteiger partial charge is 0.222 e. The Hall–Kier alpha value is -2.89. The van der Waals surface area contributed by atoms with E-state index in [1.807, 2.05) is 29.1 Å². The molecule has 2 atom stereocenters. The maximum Gasteiger partial charge on any atom is 0.222 e. The summed E-state index contributed by atoms with van der Waals surface area (Å²) in [6.45, 7) is 0. The Morgan fingerprint density at radius 2 is 2.04 bits per heavy atom. The third-order valence-electron chi connectivity index (χ3n) is 4.22. The molecule has 6 heteroatoms. The Morgan fingerprint density at radius 3 is 2.78 bits per heavy atom. The summed E-state index contributed by atoms with van der Waals surface area (Å²) in [5.74, 6) is 1.64. The summed E-state index contributed by atoms with van der Waals surface area (Å²) in [7, 11) is 1.67. The number of nitrogens with one attached hydrogen (secondary N) is 1. The van der Waals surface area contributed by atoms with Crippen molar-refractivity contribution in [1.82, 2.24) is 19.7 Å². The van der Waals surface area contributed by atoms with E-state index in [4.69, 9.17) is 4.74 Å². The lowest BCUT2D eigenvalue weighted by Gasteiger charge is -2.31. The molecule has 2 aromatic heterocycles. The molecule has 3 heterocycles. The van der Waals surface area contributed by atoms with Gasteiger partial charge in [0.15, 0.2) is 0 Å². The zero-order chi connectivity index (χ0) is 15.6. The fourth-order valence-electron chi connectivity index (χ4n) is 3.02. The second-order valence-electron chi connectivity index (χ2n) is 5.54. The number of benzene rings is 1. The molecular weight excluding hydrogens is 290 g/mol. The molecule has 1 aliphatic rings. The van der Waals surface area contributed by atoms with Crippen LogP contribution in [0.3, 0.4) is 0 Å². The minimum Gasteiger partial charge on any atom is -0.497 e. The first-order valence-corrected chi connectivity index (χ1v) is 7.55. The average molecular weight is 307 g/mol. The van der Waals surface area contributed by atoms with E-state index >= 15 is 0 Å². The quantitative estimate of drug-likeness (QED) is 0.806. The number of aromatic nitrogens is 4. The van der Waals surface area contributed by atoms with Gasteiger partial charge in [-0.3, -0.25) is 4.98 Å². The van der Waals surface area contributed by atoms with Gasteiger partial charge in [-0.2, -0.15) is 10.1 Å². The highest BCUT2D eigenvalue weighted by Gasteiger charge is 2.29. The Balaban J connectivity index is 1.70. The highest BCUT2D eigenvalue weighted by molar-refractivity contribution is 5.38. The largest absolute Gasteiger partial charge is 0.497 e. The van der Waals surface area contributed by atoms with Crippen molar-refractivity contribution in [2.45, 2.75) is 18.5 Å². The van der Waals surface area contributed by atoms with E-state index in [1.165, 1.54) is 5.56 Å². The zero-order valence-electron chi connectivity index (χ0n) is 12.8. The van der Waals surface area contributed by atoms with Crippen LogP contribution in [0.2, 0.25) is 0 Å². The van der Waals surface area contributed by atoms with Crippen LogP contribution in [0.15, 0.2) is 55.1 Å². The highest BCUT2D eigenvalue weighted by atomic mass is 16.5. The van der Waals surface area contributed by atoms with Crippen molar-refractivity contribution in [2.75, 3.05) is 12.4 Å².